The first-order chi connectivity index (χ1) is 9.47. The highest BCUT2D eigenvalue weighted by molar-refractivity contribution is 7.85. The van der Waals surface area contributed by atoms with Crippen LogP contribution in [0.3, 0.4) is 0 Å². The average molecular weight is 299 g/mol. The Bertz CT molecular complexity index is 567. The Morgan fingerprint density at radius 3 is 2.70 bits per heavy atom. The summed E-state index contributed by atoms with van der Waals surface area (Å²) in [5.41, 5.74) is -0.931. The molecule has 1 aromatic rings. The van der Waals surface area contributed by atoms with Gasteiger partial charge in [0.2, 0.25) is 0 Å². The summed E-state index contributed by atoms with van der Waals surface area (Å²) in [6.07, 6.45) is 2.34. The minimum Gasteiger partial charge on any atom is -0.477 e. The third-order valence-corrected chi connectivity index (χ3v) is 4.43. The van der Waals surface area contributed by atoms with Gasteiger partial charge in [0.25, 0.3) is 0 Å². The number of rotatable bonds is 4. The molecule has 0 saturated carbocycles. The summed E-state index contributed by atoms with van der Waals surface area (Å²) in [5, 5.41) is 22.7. The third-order valence-electron chi connectivity index (χ3n) is 3.05. The van der Waals surface area contributed by atoms with Gasteiger partial charge < -0.3 is 10.4 Å². The van der Waals surface area contributed by atoms with Crippen molar-refractivity contribution in [2.45, 2.75) is 18.9 Å². The van der Waals surface area contributed by atoms with Gasteiger partial charge >= 0.3 is 11.7 Å². The van der Waals surface area contributed by atoms with Gasteiger partial charge in [0, 0.05) is 34.4 Å². The topological polar surface area (TPSA) is 122 Å². The zero-order chi connectivity index (χ0) is 14.7. The van der Waals surface area contributed by atoms with E-state index in [1.54, 1.807) is 0 Å². The second-order valence-corrected chi connectivity index (χ2v) is 6.11. The fourth-order valence-electron chi connectivity index (χ4n) is 1.99. The Morgan fingerprint density at radius 2 is 2.15 bits per heavy atom. The molecule has 9 heteroatoms. The van der Waals surface area contributed by atoms with Crippen molar-refractivity contribution in [3.63, 3.8) is 0 Å². The molecule has 1 aliphatic heterocycles. The number of carbonyl (C=O) groups is 1. The molecule has 0 aliphatic carbocycles. The summed E-state index contributed by atoms with van der Waals surface area (Å²) in [6, 6.07) is 1.22. The molecule has 20 heavy (non-hydrogen) atoms. The minimum atomic E-state index is -1.37. The molecule has 2 rings (SSSR count). The van der Waals surface area contributed by atoms with E-state index in [9.17, 15) is 19.1 Å². The van der Waals surface area contributed by atoms with E-state index in [1.165, 1.54) is 0 Å². The Morgan fingerprint density at radius 1 is 1.50 bits per heavy atom. The second-order valence-electron chi connectivity index (χ2n) is 4.42. The van der Waals surface area contributed by atoms with E-state index < -0.39 is 32.9 Å². The maximum absolute atomic E-state index is 11.2. The number of carboxylic acids is 1. The fourth-order valence-corrected chi connectivity index (χ4v) is 3.29. The number of anilines is 1. The van der Waals surface area contributed by atoms with Crippen LogP contribution in [0.2, 0.25) is 0 Å². The second kappa shape index (κ2) is 5.95. The Hall–Kier alpha value is -2.03. The minimum absolute atomic E-state index is 0.0586. The fraction of sp³-hybridized carbons (Fsp3) is 0.455. The lowest BCUT2D eigenvalue weighted by molar-refractivity contribution is -0.385. The molecular formula is C11H13N3O5S. The largest absolute Gasteiger partial charge is 0.477 e. The monoisotopic (exact) mass is 299 g/mol. The standard InChI is InChI=1S/C11H13N3O5S/c15-11(16)8-5-10(12-6-9(8)14(17)18)13-7-1-3-20(19)4-2-7/h5-7H,1-4H2,(H,12,13)(H,15,16). The van der Waals surface area contributed by atoms with E-state index in [0.29, 0.717) is 24.3 Å². The normalized spacial score (nSPS) is 22.2. The van der Waals surface area contributed by atoms with Crippen LogP contribution in [0.1, 0.15) is 23.2 Å². The molecular weight excluding hydrogens is 286 g/mol. The molecule has 0 radical (unpaired) electrons. The number of nitrogens with zero attached hydrogens (tertiary/aromatic N) is 2. The van der Waals surface area contributed by atoms with Gasteiger partial charge in [0.15, 0.2) is 0 Å². The van der Waals surface area contributed by atoms with Crippen LogP contribution < -0.4 is 5.32 Å². The zero-order valence-corrected chi connectivity index (χ0v) is 11.3. The van der Waals surface area contributed by atoms with Crippen LogP contribution >= 0.6 is 0 Å². The number of carboxylic acid groups (broad SMARTS) is 1. The van der Waals surface area contributed by atoms with Crippen LogP contribution in [0.5, 0.6) is 0 Å². The molecule has 1 saturated heterocycles. The number of aromatic carboxylic acids is 1. The first-order valence-corrected chi connectivity index (χ1v) is 7.45. The van der Waals surface area contributed by atoms with Gasteiger partial charge in [-0.15, -0.1) is 0 Å². The number of nitro groups is 1. The molecule has 2 N–H and O–H groups in total. The summed E-state index contributed by atoms with van der Waals surface area (Å²) in [6.45, 7) is 0. The predicted molar refractivity (Wildman–Crippen MR) is 72.4 cm³/mol. The Balaban J connectivity index is 2.17. The molecule has 1 aromatic heterocycles. The van der Waals surface area contributed by atoms with Crippen LogP contribution in [0.15, 0.2) is 12.3 Å². The van der Waals surface area contributed by atoms with Crippen molar-refractivity contribution < 1.29 is 19.0 Å². The molecule has 0 unspecified atom stereocenters. The van der Waals surface area contributed by atoms with Crippen LogP contribution in [0, 0.1) is 10.1 Å². The molecule has 0 spiro atoms. The molecule has 108 valence electrons. The van der Waals surface area contributed by atoms with E-state index in [-0.39, 0.29) is 11.9 Å². The summed E-state index contributed by atoms with van der Waals surface area (Å²) >= 11 is 0. The molecule has 0 aromatic carbocycles. The maximum atomic E-state index is 11.2. The molecule has 1 aliphatic rings. The van der Waals surface area contributed by atoms with Crippen LogP contribution in [0.4, 0.5) is 11.5 Å². The SMILES string of the molecule is O=C(O)c1cc(NC2CCS(=O)CC2)ncc1[N+](=O)[O-]. The number of nitrogens with one attached hydrogen (secondary N) is 1. The van der Waals surface area contributed by atoms with Gasteiger partial charge in [-0.25, -0.2) is 9.78 Å². The first kappa shape index (κ1) is 14.4. The predicted octanol–water partition coefficient (Wildman–Crippen LogP) is 1.01. The Labute approximate surface area is 116 Å². The van der Waals surface area contributed by atoms with Crippen LogP contribution in [-0.4, -0.2) is 42.7 Å². The number of hydrogen-bond acceptors (Lipinski definition) is 6. The van der Waals surface area contributed by atoms with Gasteiger partial charge in [-0.1, -0.05) is 0 Å². The van der Waals surface area contributed by atoms with Gasteiger partial charge in [0.1, 0.15) is 17.6 Å². The highest BCUT2D eigenvalue weighted by atomic mass is 32.2. The quantitative estimate of drug-likeness (QED) is 0.628. The number of pyridine rings is 1. The van der Waals surface area contributed by atoms with E-state index in [0.717, 1.165) is 12.3 Å². The van der Waals surface area contributed by atoms with Crippen molar-refractivity contribution in [1.82, 2.24) is 4.98 Å². The average Bonchev–Trinajstić information content (AvgIpc) is 2.41. The number of aromatic nitrogens is 1. The van der Waals surface area contributed by atoms with Crippen molar-refractivity contribution in [2.24, 2.45) is 0 Å². The van der Waals surface area contributed by atoms with E-state index in [2.05, 4.69) is 10.3 Å². The third kappa shape index (κ3) is 3.29. The zero-order valence-electron chi connectivity index (χ0n) is 10.4. The van der Waals surface area contributed by atoms with Gasteiger partial charge in [0.05, 0.1) is 4.92 Å². The van der Waals surface area contributed by atoms with Crippen molar-refractivity contribution in [1.29, 1.82) is 0 Å². The van der Waals surface area contributed by atoms with E-state index >= 15 is 0 Å². The molecule has 0 atom stereocenters. The van der Waals surface area contributed by atoms with Gasteiger partial charge in [-0.3, -0.25) is 14.3 Å². The van der Waals surface area contributed by atoms with Gasteiger partial charge in [-0.2, -0.15) is 0 Å². The smallest absolute Gasteiger partial charge is 0.342 e. The summed E-state index contributed by atoms with van der Waals surface area (Å²) < 4.78 is 11.2. The molecule has 1 fully saturated rings. The lowest BCUT2D eigenvalue weighted by Crippen LogP contribution is -2.29. The highest BCUT2D eigenvalue weighted by Crippen LogP contribution is 2.22. The van der Waals surface area contributed by atoms with E-state index in [1.807, 2.05) is 0 Å². The molecule has 0 bridgehead atoms. The van der Waals surface area contributed by atoms with Gasteiger partial charge in [-0.05, 0) is 12.8 Å². The summed E-state index contributed by atoms with van der Waals surface area (Å²) in [7, 11) is -0.784. The van der Waals surface area contributed by atoms with Crippen LogP contribution in [0.25, 0.3) is 0 Å². The summed E-state index contributed by atoms with van der Waals surface area (Å²) in [5.74, 6) is 0.102. The lowest BCUT2D eigenvalue weighted by atomic mass is 10.1. The maximum Gasteiger partial charge on any atom is 0.342 e. The molecule has 8 nitrogen and oxygen atoms in total. The first-order valence-electron chi connectivity index (χ1n) is 5.96. The highest BCUT2D eigenvalue weighted by Gasteiger charge is 2.23. The molecule has 2 heterocycles. The Kier molecular flexibility index (Phi) is 4.28. The van der Waals surface area contributed by atoms with Crippen molar-refractivity contribution in [3.8, 4) is 0 Å². The van der Waals surface area contributed by atoms with Crippen molar-refractivity contribution >= 4 is 28.3 Å². The van der Waals surface area contributed by atoms with Crippen molar-refractivity contribution in [2.75, 3.05) is 16.8 Å². The molecule has 0 amide bonds. The van der Waals surface area contributed by atoms with Crippen LogP contribution in [-0.2, 0) is 10.8 Å². The summed E-state index contributed by atoms with van der Waals surface area (Å²) in [4.78, 5) is 24.8. The van der Waals surface area contributed by atoms with E-state index in [4.69, 9.17) is 5.11 Å². The van der Waals surface area contributed by atoms with Crippen molar-refractivity contribution in [3.05, 3.63) is 27.9 Å². The lowest BCUT2D eigenvalue weighted by Gasteiger charge is -2.23. The number of hydrogen-bond donors (Lipinski definition) is 2.